The van der Waals surface area contributed by atoms with Gasteiger partial charge >= 0.3 is 0 Å². The van der Waals surface area contributed by atoms with Gasteiger partial charge in [0.15, 0.2) is 5.90 Å². The zero-order valence-electron chi connectivity index (χ0n) is 10.8. The molecule has 18 heavy (non-hydrogen) atoms. The van der Waals surface area contributed by atoms with Crippen LogP contribution >= 0.6 is 0 Å². The van der Waals surface area contributed by atoms with E-state index in [1.54, 1.807) is 7.11 Å². The number of hydrogen-bond donors (Lipinski definition) is 1. The molecule has 1 atom stereocenters. The molecule has 0 bridgehead atoms. The van der Waals surface area contributed by atoms with E-state index in [1.807, 2.05) is 12.1 Å². The Kier molecular flexibility index (Phi) is 4.59. The van der Waals surface area contributed by atoms with Crippen LogP contribution in [0.4, 0.5) is 0 Å². The minimum Gasteiger partial charge on any atom is -0.497 e. The molecule has 2 N–H and O–H groups in total. The lowest BCUT2D eigenvalue weighted by atomic mass is 10.1. The van der Waals surface area contributed by atoms with E-state index in [1.165, 1.54) is 5.56 Å². The zero-order chi connectivity index (χ0) is 12.8. The molecular formula is C14H20N2O2. The van der Waals surface area contributed by atoms with Gasteiger partial charge in [0.1, 0.15) is 12.4 Å². The number of benzene rings is 1. The molecule has 4 heteroatoms. The van der Waals surface area contributed by atoms with E-state index < -0.39 is 0 Å². The fourth-order valence-electron chi connectivity index (χ4n) is 2.00. The smallest absolute Gasteiger partial charge is 0.183 e. The highest BCUT2D eigenvalue weighted by atomic mass is 16.5. The second-order valence-electron chi connectivity index (χ2n) is 4.43. The second kappa shape index (κ2) is 6.40. The van der Waals surface area contributed by atoms with Gasteiger partial charge in [0.2, 0.25) is 0 Å². The highest BCUT2D eigenvalue weighted by Gasteiger charge is 2.18. The topological polar surface area (TPSA) is 56.8 Å². The molecule has 0 amide bonds. The van der Waals surface area contributed by atoms with Gasteiger partial charge in [-0.05, 0) is 37.1 Å². The Morgan fingerprint density at radius 1 is 1.39 bits per heavy atom. The second-order valence-corrected chi connectivity index (χ2v) is 4.43. The molecule has 1 unspecified atom stereocenters. The average Bonchev–Trinajstić information content (AvgIpc) is 2.85. The van der Waals surface area contributed by atoms with E-state index in [0.717, 1.165) is 30.9 Å². The summed E-state index contributed by atoms with van der Waals surface area (Å²) in [7, 11) is 1.67. The molecule has 0 spiro atoms. The first-order valence-corrected chi connectivity index (χ1v) is 6.34. The monoisotopic (exact) mass is 248 g/mol. The zero-order valence-corrected chi connectivity index (χ0v) is 10.8. The first-order chi connectivity index (χ1) is 8.81. The first-order valence-electron chi connectivity index (χ1n) is 6.34. The molecule has 0 saturated heterocycles. The van der Waals surface area contributed by atoms with Crippen LogP contribution in [0.3, 0.4) is 0 Å². The normalized spacial score (nSPS) is 18.3. The van der Waals surface area contributed by atoms with Gasteiger partial charge in [-0.25, -0.2) is 4.99 Å². The van der Waals surface area contributed by atoms with Gasteiger partial charge in [0, 0.05) is 6.42 Å². The van der Waals surface area contributed by atoms with Crippen molar-refractivity contribution < 1.29 is 9.47 Å². The van der Waals surface area contributed by atoms with Gasteiger partial charge in [0.05, 0.1) is 13.2 Å². The van der Waals surface area contributed by atoms with E-state index in [4.69, 9.17) is 15.2 Å². The number of nitrogens with two attached hydrogens (primary N) is 1. The summed E-state index contributed by atoms with van der Waals surface area (Å²) >= 11 is 0. The summed E-state index contributed by atoms with van der Waals surface area (Å²) in [5.74, 6) is 1.74. The van der Waals surface area contributed by atoms with E-state index in [-0.39, 0.29) is 6.04 Å². The molecule has 1 aromatic rings. The van der Waals surface area contributed by atoms with Crippen LogP contribution in [0.2, 0.25) is 0 Å². The highest BCUT2D eigenvalue weighted by Crippen LogP contribution is 2.16. The van der Waals surface area contributed by atoms with Crippen LogP contribution in [0.15, 0.2) is 29.3 Å². The van der Waals surface area contributed by atoms with Crippen molar-refractivity contribution in [2.45, 2.75) is 25.3 Å². The molecule has 98 valence electrons. The van der Waals surface area contributed by atoms with Crippen LogP contribution in [0, 0.1) is 0 Å². The van der Waals surface area contributed by atoms with Gasteiger partial charge in [-0.1, -0.05) is 12.1 Å². The Morgan fingerprint density at radius 2 is 2.17 bits per heavy atom. The molecular weight excluding hydrogens is 228 g/mol. The Bertz CT molecular complexity index is 401. The quantitative estimate of drug-likeness (QED) is 0.834. The predicted molar refractivity (Wildman–Crippen MR) is 72.2 cm³/mol. The third-order valence-electron chi connectivity index (χ3n) is 2.99. The van der Waals surface area contributed by atoms with Crippen LogP contribution in [0.1, 0.15) is 18.4 Å². The predicted octanol–water partition coefficient (Wildman–Crippen LogP) is 1.77. The molecule has 1 aliphatic rings. The van der Waals surface area contributed by atoms with Gasteiger partial charge < -0.3 is 15.2 Å². The maximum atomic E-state index is 5.55. The highest BCUT2D eigenvalue weighted by molar-refractivity contribution is 5.77. The van der Waals surface area contributed by atoms with Crippen molar-refractivity contribution in [1.29, 1.82) is 0 Å². The molecule has 0 fully saturated rings. The summed E-state index contributed by atoms with van der Waals surface area (Å²) in [6.45, 7) is 1.37. The van der Waals surface area contributed by atoms with Crippen molar-refractivity contribution in [2.75, 3.05) is 20.3 Å². The molecule has 4 nitrogen and oxygen atoms in total. The number of aliphatic imine (C=N–C) groups is 1. The van der Waals surface area contributed by atoms with Crippen molar-refractivity contribution in [3.8, 4) is 5.75 Å². The van der Waals surface area contributed by atoms with Gasteiger partial charge in [-0.15, -0.1) is 0 Å². The van der Waals surface area contributed by atoms with Crippen molar-refractivity contribution in [3.63, 3.8) is 0 Å². The number of rotatable bonds is 6. The summed E-state index contributed by atoms with van der Waals surface area (Å²) in [6.07, 6.45) is 2.71. The molecule has 1 aliphatic heterocycles. The summed E-state index contributed by atoms with van der Waals surface area (Å²) in [6, 6.07) is 8.35. The van der Waals surface area contributed by atoms with Crippen LogP contribution in [-0.4, -0.2) is 32.2 Å². The summed E-state index contributed by atoms with van der Waals surface area (Å²) < 4.78 is 10.7. The lowest BCUT2D eigenvalue weighted by Gasteiger charge is -2.06. The van der Waals surface area contributed by atoms with Crippen molar-refractivity contribution in [3.05, 3.63) is 29.8 Å². The summed E-state index contributed by atoms with van der Waals surface area (Å²) in [5.41, 5.74) is 6.73. The lowest BCUT2D eigenvalue weighted by Crippen LogP contribution is -2.09. The Morgan fingerprint density at radius 3 is 2.83 bits per heavy atom. The van der Waals surface area contributed by atoms with E-state index in [2.05, 4.69) is 17.1 Å². The molecule has 0 radical (unpaired) electrons. The van der Waals surface area contributed by atoms with Crippen molar-refractivity contribution in [2.24, 2.45) is 10.7 Å². The fraction of sp³-hybridized carbons (Fsp3) is 0.500. The number of methoxy groups -OCH3 is 1. The maximum Gasteiger partial charge on any atom is 0.183 e. The average molecular weight is 248 g/mol. The third kappa shape index (κ3) is 3.47. The van der Waals surface area contributed by atoms with Gasteiger partial charge in [0.25, 0.3) is 0 Å². The lowest BCUT2D eigenvalue weighted by molar-refractivity contribution is 0.308. The standard InChI is InChI=1S/C14H20N2O2/c1-17-13-6-4-11(5-7-13)9-12-10-18-14(16-12)3-2-8-15/h4-7,12H,2-3,8-10,15H2,1H3. The van der Waals surface area contributed by atoms with Crippen LogP contribution in [0.5, 0.6) is 5.75 Å². The number of ether oxygens (including phenoxy) is 2. The summed E-state index contributed by atoms with van der Waals surface area (Å²) in [4.78, 5) is 4.57. The van der Waals surface area contributed by atoms with Crippen molar-refractivity contribution in [1.82, 2.24) is 0 Å². The van der Waals surface area contributed by atoms with E-state index in [9.17, 15) is 0 Å². The first kappa shape index (κ1) is 12.9. The minimum absolute atomic E-state index is 0.242. The van der Waals surface area contributed by atoms with E-state index >= 15 is 0 Å². The Labute approximate surface area is 108 Å². The largest absolute Gasteiger partial charge is 0.497 e. The number of nitrogens with zero attached hydrogens (tertiary/aromatic N) is 1. The van der Waals surface area contributed by atoms with Gasteiger partial charge in [-0.2, -0.15) is 0 Å². The molecule has 1 heterocycles. The van der Waals surface area contributed by atoms with Gasteiger partial charge in [-0.3, -0.25) is 0 Å². The van der Waals surface area contributed by atoms with Crippen LogP contribution < -0.4 is 10.5 Å². The Hall–Kier alpha value is -1.55. The third-order valence-corrected chi connectivity index (χ3v) is 2.99. The molecule has 2 rings (SSSR count). The SMILES string of the molecule is COc1ccc(CC2COC(CCCN)=N2)cc1. The Balaban J connectivity index is 1.88. The molecule has 0 aromatic heterocycles. The molecule has 1 aromatic carbocycles. The van der Waals surface area contributed by atoms with E-state index in [0.29, 0.717) is 13.2 Å². The molecule has 0 aliphatic carbocycles. The minimum atomic E-state index is 0.242. The number of hydrogen-bond acceptors (Lipinski definition) is 4. The fourth-order valence-corrected chi connectivity index (χ4v) is 2.00. The maximum absolute atomic E-state index is 5.55. The summed E-state index contributed by atoms with van der Waals surface area (Å²) in [5, 5.41) is 0. The molecule has 0 saturated carbocycles. The van der Waals surface area contributed by atoms with Crippen LogP contribution in [-0.2, 0) is 11.2 Å². The van der Waals surface area contributed by atoms with Crippen LogP contribution in [0.25, 0.3) is 0 Å². The van der Waals surface area contributed by atoms with Crippen molar-refractivity contribution >= 4 is 5.90 Å².